The molecular weight excluding hydrogens is 371 g/mol. The lowest BCUT2D eigenvalue weighted by Crippen LogP contribution is -2.32. The van der Waals surface area contributed by atoms with Crippen LogP contribution in [0, 0.1) is 25.6 Å². The number of carbonyl (C=O) groups is 1. The van der Waals surface area contributed by atoms with Gasteiger partial charge >= 0.3 is 0 Å². The maximum absolute atomic E-state index is 13.6. The fourth-order valence-corrected chi connectivity index (χ4v) is 5.16. The van der Waals surface area contributed by atoms with Gasteiger partial charge in [-0.05, 0) is 38.0 Å². The van der Waals surface area contributed by atoms with Gasteiger partial charge in [0.25, 0.3) is 10.0 Å². The van der Waals surface area contributed by atoms with Crippen molar-refractivity contribution in [1.82, 2.24) is 9.78 Å². The Morgan fingerprint density at radius 3 is 2.67 bits per heavy atom. The molecule has 0 spiro atoms. The lowest BCUT2D eigenvalue weighted by atomic mass is 10.2. The summed E-state index contributed by atoms with van der Waals surface area (Å²) in [5, 5.41) is 6.96. The molecule has 1 amide bonds. The van der Waals surface area contributed by atoms with Crippen molar-refractivity contribution in [1.29, 1.82) is 0 Å². The number of benzene rings is 1. The van der Waals surface area contributed by atoms with Crippen molar-refractivity contribution in [2.24, 2.45) is 5.92 Å². The molecule has 1 aromatic carbocycles. The molecule has 0 radical (unpaired) electrons. The summed E-state index contributed by atoms with van der Waals surface area (Å²) in [5.74, 6) is -0.601. The Balaban J connectivity index is 2.13. The fourth-order valence-electron chi connectivity index (χ4n) is 3.30. The maximum atomic E-state index is 13.6. The predicted molar refractivity (Wildman–Crippen MR) is 101 cm³/mol. The number of carbonyl (C=O) groups excluding carboxylic acids is 1. The Hall–Kier alpha value is -2.42. The lowest BCUT2D eigenvalue weighted by molar-refractivity contribution is -0.115. The van der Waals surface area contributed by atoms with Gasteiger partial charge in [0, 0.05) is 19.5 Å². The topological polar surface area (TPSA) is 84.3 Å². The van der Waals surface area contributed by atoms with Crippen LogP contribution in [0.5, 0.6) is 0 Å². The van der Waals surface area contributed by atoms with E-state index in [1.54, 1.807) is 18.5 Å². The number of sulfonamides is 1. The van der Waals surface area contributed by atoms with E-state index in [2.05, 4.69) is 10.4 Å². The van der Waals surface area contributed by atoms with Gasteiger partial charge in [-0.1, -0.05) is 13.8 Å². The molecule has 146 valence electrons. The molecule has 0 atom stereocenters. The SMILES string of the molecule is Cc1nn(CC(C)C)c(C)c1S(=O)(=O)N1CCC(=O)Nc2cc(F)ccc21. The fraction of sp³-hybridized carbons (Fsp3) is 0.444. The maximum Gasteiger partial charge on any atom is 0.268 e. The van der Waals surface area contributed by atoms with E-state index in [1.807, 2.05) is 13.8 Å². The first-order valence-corrected chi connectivity index (χ1v) is 10.2. The summed E-state index contributed by atoms with van der Waals surface area (Å²) in [5.41, 5.74) is 1.34. The van der Waals surface area contributed by atoms with E-state index in [-0.39, 0.29) is 35.1 Å². The van der Waals surface area contributed by atoms with Crippen molar-refractivity contribution in [3.05, 3.63) is 35.4 Å². The zero-order chi connectivity index (χ0) is 19.9. The molecule has 9 heteroatoms. The average molecular weight is 394 g/mol. The summed E-state index contributed by atoms with van der Waals surface area (Å²) in [6.45, 7) is 8.01. The van der Waals surface area contributed by atoms with Crippen LogP contribution in [0.15, 0.2) is 23.1 Å². The van der Waals surface area contributed by atoms with Gasteiger partial charge in [-0.3, -0.25) is 13.8 Å². The highest BCUT2D eigenvalue weighted by Gasteiger charge is 2.34. The largest absolute Gasteiger partial charge is 0.324 e. The van der Waals surface area contributed by atoms with Crippen LogP contribution in [0.25, 0.3) is 0 Å². The summed E-state index contributed by atoms with van der Waals surface area (Å²) in [6, 6.07) is 3.68. The number of fused-ring (bicyclic) bond motifs is 1. The monoisotopic (exact) mass is 394 g/mol. The van der Waals surface area contributed by atoms with E-state index in [4.69, 9.17) is 0 Å². The number of aromatic nitrogens is 2. The van der Waals surface area contributed by atoms with Crippen LogP contribution >= 0.6 is 0 Å². The minimum absolute atomic E-state index is 0.0201. The third kappa shape index (κ3) is 3.55. The van der Waals surface area contributed by atoms with Crippen LogP contribution in [0.3, 0.4) is 0 Å². The first kappa shape index (κ1) is 19.3. The zero-order valence-corrected chi connectivity index (χ0v) is 16.6. The quantitative estimate of drug-likeness (QED) is 0.864. The van der Waals surface area contributed by atoms with Crippen molar-refractivity contribution in [2.45, 2.75) is 45.6 Å². The number of amides is 1. The normalized spacial score (nSPS) is 14.9. The van der Waals surface area contributed by atoms with Crippen molar-refractivity contribution in [3.63, 3.8) is 0 Å². The summed E-state index contributed by atoms with van der Waals surface area (Å²) in [4.78, 5) is 12.1. The molecule has 7 nitrogen and oxygen atoms in total. The van der Waals surface area contributed by atoms with Gasteiger partial charge in [-0.25, -0.2) is 12.8 Å². The number of aryl methyl sites for hydroxylation is 1. The average Bonchev–Trinajstić information content (AvgIpc) is 2.72. The van der Waals surface area contributed by atoms with Gasteiger partial charge in [0.15, 0.2) is 0 Å². The molecule has 1 aromatic heterocycles. The highest BCUT2D eigenvalue weighted by Crippen LogP contribution is 2.35. The second kappa shape index (κ2) is 6.95. The number of halogens is 1. The Kier molecular flexibility index (Phi) is 4.98. The number of rotatable bonds is 4. The number of hydrogen-bond acceptors (Lipinski definition) is 4. The molecule has 1 aliphatic rings. The first-order chi connectivity index (χ1) is 12.6. The highest BCUT2D eigenvalue weighted by molar-refractivity contribution is 7.93. The number of anilines is 2. The molecule has 0 fully saturated rings. The van der Waals surface area contributed by atoms with E-state index in [9.17, 15) is 17.6 Å². The molecule has 0 saturated heterocycles. The van der Waals surface area contributed by atoms with Gasteiger partial charge in [0.1, 0.15) is 10.7 Å². The van der Waals surface area contributed by atoms with E-state index in [1.165, 1.54) is 12.1 Å². The van der Waals surface area contributed by atoms with Gasteiger partial charge in [0.2, 0.25) is 5.91 Å². The van der Waals surface area contributed by atoms with Crippen LogP contribution in [0.4, 0.5) is 15.8 Å². The van der Waals surface area contributed by atoms with Gasteiger partial charge in [0.05, 0.1) is 22.8 Å². The summed E-state index contributed by atoms with van der Waals surface area (Å²) in [6.07, 6.45) is -0.0201. The number of nitrogens with one attached hydrogen (secondary N) is 1. The third-order valence-electron chi connectivity index (χ3n) is 4.44. The number of nitrogens with zero attached hydrogens (tertiary/aromatic N) is 3. The van der Waals surface area contributed by atoms with Crippen LogP contribution in [0.2, 0.25) is 0 Å². The summed E-state index contributed by atoms with van der Waals surface area (Å²) in [7, 11) is -3.98. The molecule has 3 rings (SSSR count). The minimum Gasteiger partial charge on any atom is -0.324 e. The smallest absolute Gasteiger partial charge is 0.268 e. The van der Waals surface area contributed by atoms with E-state index >= 15 is 0 Å². The molecule has 0 aliphatic carbocycles. The molecule has 2 heterocycles. The van der Waals surface area contributed by atoms with E-state index in [0.29, 0.717) is 23.9 Å². The zero-order valence-electron chi connectivity index (χ0n) is 15.8. The standard InChI is InChI=1S/C18H23FN4O3S/c1-11(2)10-22-13(4)18(12(3)21-22)27(25,26)23-8-7-17(24)20-15-9-14(19)5-6-16(15)23/h5-6,9,11H,7-8,10H2,1-4H3,(H,20,24). The van der Waals surface area contributed by atoms with Crippen LogP contribution in [-0.4, -0.2) is 30.7 Å². The molecule has 0 saturated carbocycles. The van der Waals surface area contributed by atoms with Crippen molar-refractivity contribution >= 4 is 27.3 Å². The second-order valence-electron chi connectivity index (χ2n) is 7.11. The van der Waals surface area contributed by atoms with Crippen molar-refractivity contribution < 1.29 is 17.6 Å². The van der Waals surface area contributed by atoms with E-state index in [0.717, 1.165) is 10.4 Å². The molecule has 0 unspecified atom stereocenters. The Morgan fingerprint density at radius 1 is 1.30 bits per heavy atom. The van der Waals surface area contributed by atoms with Crippen LogP contribution < -0.4 is 9.62 Å². The predicted octanol–water partition coefficient (Wildman–Crippen LogP) is 2.83. The molecule has 1 aliphatic heterocycles. The minimum atomic E-state index is -3.98. The Labute approximate surface area is 158 Å². The summed E-state index contributed by atoms with van der Waals surface area (Å²) >= 11 is 0. The second-order valence-corrected chi connectivity index (χ2v) is 8.91. The van der Waals surface area contributed by atoms with Crippen LogP contribution in [0.1, 0.15) is 31.7 Å². The van der Waals surface area contributed by atoms with E-state index < -0.39 is 15.8 Å². The summed E-state index contributed by atoms with van der Waals surface area (Å²) < 4.78 is 43.4. The Bertz CT molecular complexity index is 998. The van der Waals surface area contributed by atoms with Crippen LogP contribution in [-0.2, 0) is 21.4 Å². The molecular formula is C18H23FN4O3S. The number of hydrogen-bond donors (Lipinski definition) is 1. The van der Waals surface area contributed by atoms with Gasteiger partial charge in [-0.2, -0.15) is 5.10 Å². The molecule has 0 bridgehead atoms. The van der Waals surface area contributed by atoms with Gasteiger partial charge < -0.3 is 5.32 Å². The first-order valence-electron chi connectivity index (χ1n) is 8.77. The van der Waals surface area contributed by atoms with Crippen molar-refractivity contribution in [3.8, 4) is 0 Å². The molecule has 27 heavy (non-hydrogen) atoms. The third-order valence-corrected chi connectivity index (χ3v) is 6.51. The molecule has 2 aromatic rings. The Morgan fingerprint density at radius 2 is 2.00 bits per heavy atom. The van der Waals surface area contributed by atoms with Gasteiger partial charge in [-0.15, -0.1) is 0 Å². The lowest BCUT2D eigenvalue weighted by Gasteiger charge is -2.24. The molecule has 1 N–H and O–H groups in total. The van der Waals surface area contributed by atoms with Crippen molar-refractivity contribution in [2.75, 3.05) is 16.2 Å². The highest BCUT2D eigenvalue weighted by atomic mass is 32.2.